The molecule has 0 bridgehead atoms. The fourth-order valence-corrected chi connectivity index (χ4v) is 4.18. The van der Waals surface area contributed by atoms with Gasteiger partial charge in [0.1, 0.15) is 0 Å². The summed E-state index contributed by atoms with van der Waals surface area (Å²) in [5.74, 6) is 1.60. The predicted octanol–water partition coefficient (Wildman–Crippen LogP) is 2.62. The molecule has 1 aliphatic carbocycles. The number of hydrogen-bond donors (Lipinski definition) is 2. The van der Waals surface area contributed by atoms with E-state index in [0.717, 1.165) is 25.7 Å². The Labute approximate surface area is 139 Å². The molecular weight excluding hydrogens is 288 g/mol. The molecule has 1 saturated heterocycles. The van der Waals surface area contributed by atoms with Gasteiger partial charge in [0, 0.05) is 49.5 Å². The monoisotopic (exact) mass is 318 g/mol. The summed E-state index contributed by atoms with van der Waals surface area (Å²) < 4.78 is 6.01. The van der Waals surface area contributed by atoms with Crippen molar-refractivity contribution in [3.8, 4) is 0 Å². The predicted molar refractivity (Wildman–Crippen MR) is 93.4 cm³/mol. The first kappa shape index (κ1) is 16.4. The molecule has 1 aliphatic heterocycles. The van der Waals surface area contributed by atoms with Gasteiger partial charge in [-0.1, -0.05) is 13.8 Å². The average Bonchev–Trinajstić information content (AvgIpc) is 3.04. The summed E-state index contributed by atoms with van der Waals surface area (Å²) in [6, 6.07) is 4.58. The van der Waals surface area contributed by atoms with Crippen LogP contribution in [0, 0.1) is 11.3 Å². The molecule has 128 valence electrons. The number of guanidine groups is 1. The van der Waals surface area contributed by atoms with E-state index in [-0.39, 0.29) is 5.41 Å². The number of ether oxygens (including phenoxy) is 1. The zero-order valence-electron chi connectivity index (χ0n) is 14.8. The summed E-state index contributed by atoms with van der Waals surface area (Å²) in [4.78, 5) is 10.2. The highest BCUT2D eigenvalue weighted by atomic mass is 16.5. The standard InChI is InChI=1S/C18H30N4O/c1-5-19-17(22(4)12-13-8-6-10-20-13)21-15-14-9-7-11-23-16(14)18(15,2)3/h6,8,10,14-16,20H,5,7,9,11-12H2,1-4H3,(H,19,21). The molecule has 2 heterocycles. The Hall–Kier alpha value is -1.49. The van der Waals surface area contributed by atoms with E-state index in [9.17, 15) is 0 Å². The van der Waals surface area contributed by atoms with E-state index in [2.05, 4.69) is 49.1 Å². The van der Waals surface area contributed by atoms with Gasteiger partial charge in [-0.2, -0.15) is 0 Å². The van der Waals surface area contributed by atoms with Crippen molar-refractivity contribution in [2.24, 2.45) is 16.3 Å². The Bertz CT molecular complexity index is 537. The summed E-state index contributed by atoms with van der Waals surface area (Å²) in [7, 11) is 2.10. The van der Waals surface area contributed by atoms with Crippen LogP contribution in [-0.2, 0) is 11.3 Å². The molecule has 2 N–H and O–H groups in total. The van der Waals surface area contributed by atoms with E-state index < -0.39 is 0 Å². The molecule has 1 aromatic heterocycles. The smallest absolute Gasteiger partial charge is 0.194 e. The number of rotatable bonds is 4. The van der Waals surface area contributed by atoms with Crippen LogP contribution in [0.3, 0.4) is 0 Å². The van der Waals surface area contributed by atoms with Gasteiger partial charge in [-0.25, -0.2) is 0 Å². The van der Waals surface area contributed by atoms with Crippen LogP contribution < -0.4 is 5.32 Å². The lowest BCUT2D eigenvalue weighted by atomic mass is 9.55. The van der Waals surface area contributed by atoms with Crippen molar-refractivity contribution in [1.82, 2.24) is 15.2 Å². The van der Waals surface area contributed by atoms with Gasteiger partial charge in [-0.3, -0.25) is 4.99 Å². The lowest BCUT2D eigenvalue weighted by Crippen LogP contribution is -2.71. The first-order chi connectivity index (χ1) is 11.0. The van der Waals surface area contributed by atoms with Gasteiger partial charge in [-0.05, 0) is 31.9 Å². The van der Waals surface area contributed by atoms with Gasteiger partial charge >= 0.3 is 0 Å². The van der Waals surface area contributed by atoms with E-state index in [0.29, 0.717) is 18.1 Å². The molecule has 0 aromatic carbocycles. The molecule has 0 radical (unpaired) electrons. The first-order valence-corrected chi connectivity index (χ1v) is 8.80. The zero-order valence-corrected chi connectivity index (χ0v) is 14.8. The van der Waals surface area contributed by atoms with Crippen molar-refractivity contribution in [3.05, 3.63) is 24.0 Å². The molecule has 5 nitrogen and oxygen atoms in total. The van der Waals surface area contributed by atoms with Crippen molar-refractivity contribution in [1.29, 1.82) is 0 Å². The summed E-state index contributed by atoms with van der Waals surface area (Å²) in [6.45, 7) is 9.24. The second-order valence-corrected chi connectivity index (χ2v) is 7.39. The fourth-order valence-electron chi connectivity index (χ4n) is 4.18. The number of H-pyrrole nitrogens is 1. The summed E-state index contributed by atoms with van der Waals surface area (Å²) in [5, 5.41) is 3.74. The molecule has 2 fully saturated rings. The maximum absolute atomic E-state index is 6.01. The van der Waals surface area contributed by atoms with E-state index in [1.54, 1.807) is 0 Å². The van der Waals surface area contributed by atoms with Crippen LogP contribution in [0.25, 0.3) is 0 Å². The lowest BCUT2D eigenvalue weighted by molar-refractivity contribution is -0.188. The van der Waals surface area contributed by atoms with Crippen LogP contribution in [0.15, 0.2) is 23.3 Å². The van der Waals surface area contributed by atoms with E-state index in [4.69, 9.17) is 9.73 Å². The fraction of sp³-hybridized carbons (Fsp3) is 0.722. The minimum atomic E-state index is 0.160. The van der Waals surface area contributed by atoms with Gasteiger partial charge in [-0.15, -0.1) is 0 Å². The van der Waals surface area contributed by atoms with Crippen LogP contribution in [0.4, 0.5) is 0 Å². The second-order valence-electron chi connectivity index (χ2n) is 7.39. The number of fused-ring (bicyclic) bond motifs is 1. The SMILES string of the molecule is CCN=C(NC1C2CCCOC2C1(C)C)N(C)Cc1ccc[nH]1. The lowest BCUT2D eigenvalue weighted by Gasteiger charge is -2.60. The van der Waals surface area contributed by atoms with E-state index in [1.165, 1.54) is 18.5 Å². The molecule has 0 amide bonds. The summed E-state index contributed by atoms with van der Waals surface area (Å²) in [6.07, 6.45) is 4.79. The van der Waals surface area contributed by atoms with Crippen molar-refractivity contribution in [2.45, 2.75) is 52.3 Å². The summed E-state index contributed by atoms with van der Waals surface area (Å²) in [5.41, 5.74) is 1.36. The molecule has 1 aromatic rings. The largest absolute Gasteiger partial charge is 0.377 e. The minimum absolute atomic E-state index is 0.160. The van der Waals surface area contributed by atoms with Crippen molar-refractivity contribution in [2.75, 3.05) is 20.2 Å². The number of aromatic nitrogens is 1. The molecule has 2 aliphatic rings. The third-order valence-electron chi connectivity index (χ3n) is 5.36. The minimum Gasteiger partial charge on any atom is -0.377 e. The first-order valence-electron chi connectivity index (χ1n) is 8.80. The topological polar surface area (TPSA) is 52.7 Å². The highest BCUT2D eigenvalue weighted by molar-refractivity contribution is 5.80. The Balaban J connectivity index is 1.68. The highest BCUT2D eigenvalue weighted by Crippen LogP contribution is 2.51. The molecule has 3 rings (SSSR count). The van der Waals surface area contributed by atoms with Crippen molar-refractivity contribution in [3.63, 3.8) is 0 Å². The Morgan fingerprint density at radius 3 is 3.04 bits per heavy atom. The van der Waals surface area contributed by atoms with Gasteiger partial charge in [0.25, 0.3) is 0 Å². The molecule has 1 saturated carbocycles. The van der Waals surface area contributed by atoms with E-state index >= 15 is 0 Å². The Kier molecular flexibility index (Phi) is 4.67. The number of nitrogens with zero attached hydrogens (tertiary/aromatic N) is 2. The van der Waals surface area contributed by atoms with Crippen molar-refractivity contribution >= 4 is 5.96 Å². The van der Waals surface area contributed by atoms with Crippen LogP contribution in [0.1, 0.15) is 39.3 Å². The number of aromatic amines is 1. The normalized spacial score (nSPS) is 29.6. The molecule has 5 heteroatoms. The van der Waals surface area contributed by atoms with Gasteiger partial charge in [0.15, 0.2) is 5.96 Å². The third-order valence-corrected chi connectivity index (χ3v) is 5.36. The molecule has 0 spiro atoms. The Morgan fingerprint density at radius 1 is 1.52 bits per heavy atom. The average molecular weight is 318 g/mol. The van der Waals surface area contributed by atoms with Crippen LogP contribution in [0.5, 0.6) is 0 Å². The molecule has 3 unspecified atom stereocenters. The van der Waals surface area contributed by atoms with Gasteiger partial charge in [0.05, 0.1) is 12.6 Å². The van der Waals surface area contributed by atoms with Crippen molar-refractivity contribution < 1.29 is 4.74 Å². The molecule has 23 heavy (non-hydrogen) atoms. The number of hydrogen-bond acceptors (Lipinski definition) is 2. The third kappa shape index (κ3) is 3.11. The molecule has 3 atom stereocenters. The zero-order chi connectivity index (χ0) is 16.4. The highest BCUT2D eigenvalue weighted by Gasteiger charge is 2.58. The summed E-state index contributed by atoms with van der Waals surface area (Å²) >= 11 is 0. The molecular formula is C18H30N4O. The number of aliphatic imine (C=N–C) groups is 1. The second kappa shape index (κ2) is 6.56. The maximum atomic E-state index is 6.01. The quantitative estimate of drug-likeness (QED) is 0.663. The van der Waals surface area contributed by atoms with Crippen LogP contribution in [0.2, 0.25) is 0 Å². The van der Waals surface area contributed by atoms with Gasteiger partial charge in [0.2, 0.25) is 0 Å². The number of nitrogens with one attached hydrogen (secondary N) is 2. The maximum Gasteiger partial charge on any atom is 0.194 e. The van der Waals surface area contributed by atoms with Crippen LogP contribution in [-0.4, -0.2) is 48.2 Å². The Morgan fingerprint density at radius 2 is 2.35 bits per heavy atom. The van der Waals surface area contributed by atoms with Crippen LogP contribution >= 0.6 is 0 Å². The van der Waals surface area contributed by atoms with Gasteiger partial charge < -0.3 is 19.9 Å². The van der Waals surface area contributed by atoms with E-state index in [1.807, 2.05) is 12.3 Å².